The maximum Gasteiger partial charge on any atom is 0.247 e. The molecule has 0 aliphatic carbocycles. The van der Waals surface area contributed by atoms with Crippen molar-refractivity contribution in [2.45, 2.75) is 59.5 Å². The smallest absolute Gasteiger partial charge is 0.247 e. The standard InChI is InChI=1S/C31H46FN5O4S/c1-20(2)14-27(30(40)37(16-21(3)4)24-15-25(38)18-41-17-24)33-29(39)22(5)8-9-26(23(6)32)28-19-42-31(34-28)36-12-10-35(7)11-13-36/h8-9,19-21,24,27H,6,10-18H2,1-5,7H3,(H,33,39)/b22-8+,26-9+/t24-,27+/m1/s1. The van der Waals surface area contributed by atoms with E-state index in [4.69, 9.17) is 4.74 Å². The SMILES string of the molecule is C=C(F)/C(=C\C=C(/C)C(=O)N[C@@H](CC(C)C)C(=O)N(CC(C)C)[C@H]1COCC(=O)C1)c1csc(N2CCN(C)CC2)n1. The van der Waals surface area contributed by atoms with Crippen LogP contribution in [0.4, 0.5) is 9.52 Å². The van der Waals surface area contributed by atoms with Crippen molar-refractivity contribution in [2.75, 3.05) is 57.9 Å². The molecule has 2 aliphatic rings. The first-order valence-corrected chi connectivity index (χ1v) is 15.6. The quantitative estimate of drug-likeness (QED) is 0.284. The Morgan fingerprint density at radius 2 is 1.90 bits per heavy atom. The number of rotatable bonds is 12. The van der Waals surface area contributed by atoms with Crippen molar-refractivity contribution in [1.29, 1.82) is 0 Å². The number of hydrogen-bond donors (Lipinski definition) is 1. The molecule has 2 atom stereocenters. The Kier molecular flexibility index (Phi) is 12.4. The molecule has 1 aromatic heterocycles. The number of thiazole rings is 1. The van der Waals surface area contributed by atoms with Gasteiger partial charge in [-0.25, -0.2) is 9.37 Å². The Labute approximate surface area is 253 Å². The summed E-state index contributed by atoms with van der Waals surface area (Å²) in [5.74, 6) is -1.03. The molecule has 1 aromatic rings. The van der Waals surface area contributed by atoms with Crippen molar-refractivity contribution in [3.63, 3.8) is 0 Å². The number of ether oxygens (including phenoxy) is 1. The van der Waals surface area contributed by atoms with Gasteiger partial charge in [0.25, 0.3) is 0 Å². The fourth-order valence-electron chi connectivity index (χ4n) is 5.00. The normalized spacial score (nSPS) is 19.8. The highest BCUT2D eigenvalue weighted by Crippen LogP contribution is 2.29. The summed E-state index contributed by atoms with van der Waals surface area (Å²) in [6.07, 6.45) is 3.72. The summed E-state index contributed by atoms with van der Waals surface area (Å²) >= 11 is 1.45. The summed E-state index contributed by atoms with van der Waals surface area (Å²) in [6, 6.07) is -1.14. The van der Waals surface area contributed by atoms with Crippen LogP contribution < -0.4 is 10.2 Å². The molecule has 0 aromatic carbocycles. The Balaban J connectivity index is 1.77. The maximum absolute atomic E-state index is 14.5. The Morgan fingerprint density at radius 1 is 1.21 bits per heavy atom. The lowest BCUT2D eigenvalue weighted by Gasteiger charge is -2.37. The van der Waals surface area contributed by atoms with E-state index in [-0.39, 0.29) is 48.2 Å². The van der Waals surface area contributed by atoms with Crippen molar-refractivity contribution >= 4 is 39.6 Å². The monoisotopic (exact) mass is 603 g/mol. The lowest BCUT2D eigenvalue weighted by atomic mass is 9.99. The Bertz CT molecular complexity index is 1190. The van der Waals surface area contributed by atoms with E-state index >= 15 is 0 Å². The Morgan fingerprint density at radius 3 is 2.50 bits per heavy atom. The summed E-state index contributed by atoms with van der Waals surface area (Å²) in [4.78, 5) is 49.9. The molecule has 2 amide bonds. The number of allylic oxidation sites excluding steroid dienone is 4. The second kappa shape index (κ2) is 15.5. The van der Waals surface area contributed by atoms with E-state index < -0.39 is 17.8 Å². The molecule has 0 bridgehead atoms. The molecular formula is C31H46FN5O4S. The fraction of sp³-hybridized carbons (Fsp3) is 0.613. The number of carbonyl (C=O) groups is 3. The fourth-order valence-corrected chi connectivity index (χ4v) is 5.88. The summed E-state index contributed by atoms with van der Waals surface area (Å²) < 4.78 is 20.0. The van der Waals surface area contributed by atoms with Crippen LogP contribution >= 0.6 is 11.3 Å². The number of aromatic nitrogens is 1. The van der Waals surface area contributed by atoms with Crippen LogP contribution in [0, 0.1) is 11.8 Å². The molecule has 2 fully saturated rings. The van der Waals surface area contributed by atoms with Gasteiger partial charge in [0, 0.05) is 55.7 Å². The van der Waals surface area contributed by atoms with Crippen LogP contribution in [-0.2, 0) is 19.1 Å². The van der Waals surface area contributed by atoms with Crippen LogP contribution in [0.25, 0.3) is 5.57 Å². The molecule has 2 saturated heterocycles. The molecule has 0 spiro atoms. The molecule has 1 N–H and O–H groups in total. The van der Waals surface area contributed by atoms with Gasteiger partial charge < -0.3 is 24.8 Å². The van der Waals surface area contributed by atoms with Crippen molar-refractivity contribution in [3.05, 3.63) is 41.2 Å². The van der Waals surface area contributed by atoms with Crippen LogP contribution in [0.5, 0.6) is 0 Å². The van der Waals surface area contributed by atoms with Crippen LogP contribution in [0.1, 0.15) is 53.2 Å². The van der Waals surface area contributed by atoms with E-state index in [0.29, 0.717) is 30.8 Å². The van der Waals surface area contributed by atoms with Gasteiger partial charge in [-0.15, -0.1) is 11.3 Å². The van der Waals surface area contributed by atoms with Gasteiger partial charge in [0.05, 0.1) is 18.3 Å². The van der Waals surface area contributed by atoms with Gasteiger partial charge in [0.15, 0.2) is 10.9 Å². The van der Waals surface area contributed by atoms with Gasteiger partial charge >= 0.3 is 0 Å². The first-order chi connectivity index (χ1) is 19.8. The molecule has 42 heavy (non-hydrogen) atoms. The van der Waals surface area contributed by atoms with Gasteiger partial charge in [-0.05, 0) is 38.3 Å². The van der Waals surface area contributed by atoms with Crippen LogP contribution in [0.3, 0.4) is 0 Å². The van der Waals surface area contributed by atoms with E-state index in [0.717, 1.165) is 31.3 Å². The number of amides is 2. The molecule has 9 nitrogen and oxygen atoms in total. The van der Waals surface area contributed by atoms with Gasteiger partial charge in [-0.2, -0.15) is 0 Å². The highest BCUT2D eigenvalue weighted by Gasteiger charge is 2.34. The highest BCUT2D eigenvalue weighted by molar-refractivity contribution is 7.13. The number of nitrogens with one attached hydrogen (secondary N) is 1. The predicted octanol–water partition coefficient (Wildman–Crippen LogP) is 4.08. The number of hydrogen-bond acceptors (Lipinski definition) is 8. The van der Waals surface area contributed by atoms with Gasteiger partial charge in [0.2, 0.25) is 11.8 Å². The molecule has 2 aliphatic heterocycles. The number of carbonyl (C=O) groups excluding carboxylic acids is 3. The summed E-state index contributed by atoms with van der Waals surface area (Å²) in [7, 11) is 2.08. The molecular weight excluding hydrogens is 557 g/mol. The van der Waals surface area contributed by atoms with Crippen LogP contribution in [0.15, 0.2) is 35.5 Å². The predicted molar refractivity (Wildman–Crippen MR) is 166 cm³/mol. The lowest BCUT2D eigenvalue weighted by Crippen LogP contribution is -2.56. The van der Waals surface area contributed by atoms with Crippen molar-refractivity contribution in [3.8, 4) is 0 Å². The van der Waals surface area contributed by atoms with E-state index in [1.807, 2.05) is 27.7 Å². The van der Waals surface area contributed by atoms with Crippen LogP contribution in [-0.4, -0.2) is 97.5 Å². The number of halogens is 1. The topological polar surface area (TPSA) is 95.1 Å². The minimum Gasteiger partial charge on any atom is -0.372 e. The molecule has 0 unspecified atom stereocenters. The molecule has 3 rings (SSSR count). The average molecular weight is 604 g/mol. The largest absolute Gasteiger partial charge is 0.372 e. The molecule has 0 saturated carbocycles. The number of likely N-dealkylation sites (N-methyl/N-ethyl adjacent to an activating group) is 1. The second-order valence-corrected chi connectivity index (χ2v) is 12.9. The van der Waals surface area contributed by atoms with E-state index in [9.17, 15) is 18.8 Å². The third-order valence-corrected chi connectivity index (χ3v) is 8.23. The summed E-state index contributed by atoms with van der Waals surface area (Å²) in [5.41, 5.74) is 0.988. The van der Waals surface area contributed by atoms with Crippen LogP contribution in [0.2, 0.25) is 0 Å². The first kappa shape index (κ1) is 33.6. The van der Waals surface area contributed by atoms with E-state index in [2.05, 4.69) is 33.7 Å². The van der Waals surface area contributed by atoms with Gasteiger partial charge in [-0.1, -0.05) is 40.3 Å². The minimum atomic E-state index is -0.777. The van der Waals surface area contributed by atoms with Gasteiger partial charge in [0.1, 0.15) is 18.5 Å². The number of nitrogens with zero attached hydrogens (tertiary/aromatic N) is 4. The molecule has 232 valence electrons. The number of Topliss-reactive ketones (excluding diaryl/α,β-unsaturated/α-hetero) is 1. The molecule has 3 heterocycles. The lowest BCUT2D eigenvalue weighted by molar-refractivity contribution is -0.145. The zero-order valence-electron chi connectivity index (χ0n) is 25.8. The third-order valence-electron chi connectivity index (χ3n) is 7.33. The highest BCUT2D eigenvalue weighted by atomic mass is 32.1. The number of ketones is 1. The number of anilines is 1. The second-order valence-electron chi connectivity index (χ2n) is 12.1. The average Bonchev–Trinajstić information content (AvgIpc) is 3.40. The van der Waals surface area contributed by atoms with E-state index in [1.165, 1.54) is 23.5 Å². The minimum absolute atomic E-state index is 0.0381. The Hall–Kier alpha value is -2.89. The molecule has 11 heteroatoms. The summed E-state index contributed by atoms with van der Waals surface area (Å²) in [5, 5.41) is 5.53. The van der Waals surface area contributed by atoms with Crippen molar-refractivity contribution in [2.24, 2.45) is 11.8 Å². The zero-order chi connectivity index (χ0) is 31.0. The maximum atomic E-state index is 14.5. The van der Waals surface area contributed by atoms with Crippen molar-refractivity contribution in [1.82, 2.24) is 20.1 Å². The van der Waals surface area contributed by atoms with Crippen molar-refractivity contribution < 1.29 is 23.5 Å². The summed E-state index contributed by atoms with van der Waals surface area (Å²) in [6.45, 7) is 17.5. The van der Waals surface area contributed by atoms with Gasteiger partial charge in [-0.3, -0.25) is 14.4 Å². The zero-order valence-corrected chi connectivity index (χ0v) is 26.6. The van der Waals surface area contributed by atoms with E-state index in [1.54, 1.807) is 17.2 Å². The number of piperazine rings is 1. The first-order valence-electron chi connectivity index (χ1n) is 14.7. The third kappa shape index (κ3) is 9.57. The molecule has 0 radical (unpaired) electrons.